The van der Waals surface area contributed by atoms with Gasteiger partial charge in [-0.05, 0) is 36.4 Å². The molecule has 1 aliphatic rings. The molecule has 0 bridgehead atoms. The molecule has 8 nitrogen and oxygen atoms in total. The van der Waals surface area contributed by atoms with Gasteiger partial charge in [-0.1, -0.05) is 23.2 Å². The first-order valence-corrected chi connectivity index (χ1v) is 10.8. The second kappa shape index (κ2) is 10.4. The second-order valence-corrected chi connectivity index (χ2v) is 8.16. The summed E-state index contributed by atoms with van der Waals surface area (Å²) in [6.45, 7) is -0.0963. The van der Waals surface area contributed by atoms with Crippen LogP contribution >= 0.6 is 23.2 Å². The van der Waals surface area contributed by atoms with Crippen molar-refractivity contribution in [2.45, 2.75) is 18.9 Å². The van der Waals surface area contributed by atoms with E-state index in [9.17, 15) is 14.0 Å². The summed E-state index contributed by atoms with van der Waals surface area (Å²) in [5.41, 5.74) is 1.74. The number of carbonyl (C=O) groups is 2. The van der Waals surface area contributed by atoms with Gasteiger partial charge in [-0.2, -0.15) is 0 Å². The molecule has 2 heterocycles. The average Bonchev–Trinajstić information content (AvgIpc) is 3.21. The summed E-state index contributed by atoms with van der Waals surface area (Å²) in [5, 5.41) is 6.91. The third kappa shape index (κ3) is 6.14. The van der Waals surface area contributed by atoms with Gasteiger partial charge in [0.15, 0.2) is 18.9 Å². The van der Waals surface area contributed by atoms with Crippen molar-refractivity contribution in [1.29, 1.82) is 0 Å². The zero-order valence-electron chi connectivity index (χ0n) is 17.2. The number of aromatic nitrogens is 1. The van der Waals surface area contributed by atoms with Gasteiger partial charge in [0, 0.05) is 27.7 Å². The Morgan fingerprint density at radius 2 is 1.97 bits per heavy atom. The summed E-state index contributed by atoms with van der Waals surface area (Å²) in [4.78, 5) is 27.6. The van der Waals surface area contributed by atoms with E-state index in [1.54, 1.807) is 6.07 Å². The van der Waals surface area contributed by atoms with Crippen LogP contribution in [0.2, 0.25) is 10.0 Å². The Morgan fingerprint density at radius 1 is 1.12 bits per heavy atom. The van der Waals surface area contributed by atoms with Crippen LogP contribution in [0.25, 0.3) is 10.9 Å². The van der Waals surface area contributed by atoms with Crippen molar-refractivity contribution in [2.75, 3.05) is 19.8 Å². The fraction of sp³-hybridized carbons (Fsp3) is 0.273. The number of ether oxygens (including phenoxy) is 3. The molecule has 0 aliphatic carbocycles. The molecular weight excluding hydrogens is 476 g/mol. The smallest absolute Gasteiger partial charge is 0.259 e. The predicted octanol–water partition coefficient (Wildman–Crippen LogP) is 3.17. The van der Waals surface area contributed by atoms with Crippen molar-refractivity contribution in [3.63, 3.8) is 0 Å². The summed E-state index contributed by atoms with van der Waals surface area (Å²) in [6, 6.07) is 11.3. The first kappa shape index (κ1) is 23.3. The molecule has 4 rings (SSSR count). The molecule has 1 fully saturated rings. The van der Waals surface area contributed by atoms with Crippen molar-refractivity contribution < 1.29 is 28.2 Å². The van der Waals surface area contributed by atoms with Gasteiger partial charge in [-0.15, -0.1) is 0 Å². The molecule has 174 valence electrons. The van der Waals surface area contributed by atoms with E-state index in [1.165, 1.54) is 12.1 Å². The molecule has 0 radical (unpaired) electrons. The number of carbonyl (C=O) groups excluding carboxylic acids is 2. The second-order valence-electron chi connectivity index (χ2n) is 7.32. The maximum absolute atomic E-state index is 13.4. The number of benzene rings is 2. The Morgan fingerprint density at radius 3 is 2.73 bits per heavy atom. The minimum absolute atomic E-state index is 0.00964. The lowest BCUT2D eigenvalue weighted by Gasteiger charge is -2.29. The zero-order chi connectivity index (χ0) is 23.4. The highest BCUT2D eigenvalue weighted by Crippen LogP contribution is 2.21. The Balaban J connectivity index is 1.18. The molecule has 2 aromatic carbocycles. The first-order valence-electron chi connectivity index (χ1n) is 10.0. The highest BCUT2D eigenvalue weighted by molar-refractivity contribution is 6.31. The normalized spacial score (nSPS) is 18.2. The van der Waals surface area contributed by atoms with Gasteiger partial charge in [0.05, 0.1) is 24.8 Å². The minimum atomic E-state index is -0.801. The van der Waals surface area contributed by atoms with Crippen LogP contribution in [0.15, 0.2) is 42.5 Å². The molecule has 2 atom stereocenters. The Bertz CT molecular complexity index is 1160. The van der Waals surface area contributed by atoms with Crippen molar-refractivity contribution in [1.82, 2.24) is 15.6 Å². The number of H-pyrrole nitrogens is 1. The van der Waals surface area contributed by atoms with E-state index in [-0.39, 0.29) is 43.0 Å². The average molecular weight is 496 g/mol. The highest BCUT2D eigenvalue weighted by Gasteiger charge is 2.28. The minimum Gasteiger partial charge on any atom is -0.484 e. The van der Waals surface area contributed by atoms with Crippen LogP contribution in [0.5, 0.6) is 5.75 Å². The number of hydrogen-bond donors (Lipinski definition) is 3. The van der Waals surface area contributed by atoms with Crippen LogP contribution in [0.1, 0.15) is 5.69 Å². The summed E-state index contributed by atoms with van der Waals surface area (Å²) in [7, 11) is 0. The van der Waals surface area contributed by atoms with Gasteiger partial charge >= 0.3 is 0 Å². The number of fused-ring (bicyclic) bond motifs is 1. The number of halogens is 3. The quantitative estimate of drug-likeness (QED) is 0.467. The molecule has 33 heavy (non-hydrogen) atoms. The van der Waals surface area contributed by atoms with E-state index < -0.39 is 24.1 Å². The molecule has 1 aromatic heterocycles. The molecular formula is C22H20Cl2FN3O5. The summed E-state index contributed by atoms with van der Waals surface area (Å²) in [6.07, 6.45) is -1.53. The van der Waals surface area contributed by atoms with Crippen LogP contribution in [0, 0.1) is 5.82 Å². The summed E-state index contributed by atoms with van der Waals surface area (Å²) < 4.78 is 29.7. The number of amides is 2. The van der Waals surface area contributed by atoms with E-state index in [0.717, 1.165) is 22.7 Å². The van der Waals surface area contributed by atoms with Gasteiger partial charge in [0.1, 0.15) is 11.6 Å². The summed E-state index contributed by atoms with van der Waals surface area (Å²) in [5.74, 6) is -1.29. The van der Waals surface area contributed by atoms with Gasteiger partial charge in [0.2, 0.25) is 0 Å². The molecule has 1 aliphatic heterocycles. The third-order valence-corrected chi connectivity index (χ3v) is 5.41. The Labute approximate surface area is 198 Å². The number of aromatic amines is 1. The SMILES string of the molecule is O=C(COc1ccc(Cl)c(F)c1)N[C@H]1CO[C@H](C(=O)NCc2cc3cc(Cl)ccc3[nH]2)CO1. The summed E-state index contributed by atoms with van der Waals surface area (Å²) >= 11 is 11.6. The van der Waals surface area contributed by atoms with Crippen molar-refractivity contribution in [2.24, 2.45) is 0 Å². The molecule has 2 amide bonds. The Kier molecular flexibility index (Phi) is 7.34. The lowest BCUT2D eigenvalue weighted by molar-refractivity contribution is -0.168. The number of nitrogens with one attached hydrogen (secondary N) is 3. The number of hydrogen-bond acceptors (Lipinski definition) is 5. The largest absolute Gasteiger partial charge is 0.484 e. The molecule has 11 heteroatoms. The maximum Gasteiger partial charge on any atom is 0.259 e. The van der Waals surface area contributed by atoms with Gasteiger partial charge < -0.3 is 29.8 Å². The van der Waals surface area contributed by atoms with E-state index in [4.69, 9.17) is 37.4 Å². The van der Waals surface area contributed by atoms with Gasteiger partial charge in [-0.3, -0.25) is 9.59 Å². The monoisotopic (exact) mass is 495 g/mol. The van der Waals surface area contributed by atoms with Crippen LogP contribution in [-0.2, 0) is 25.6 Å². The standard InChI is InChI=1S/C22H20Cl2FN3O5/c23-13-1-4-18-12(5-13)6-14(27-18)8-26-22(30)19-9-33-21(11-32-19)28-20(29)10-31-15-2-3-16(24)17(25)7-15/h1-7,19,21,27H,8-11H2,(H,26,30)(H,28,29)/t19-,21+/m0/s1. The van der Waals surface area contributed by atoms with E-state index >= 15 is 0 Å². The fourth-order valence-corrected chi connectivity index (χ4v) is 3.53. The molecule has 0 saturated carbocycles. The Hall–Kier alpha value is -2.85. The van der Waals surface area contributed by atoms with Crippen LogP contribution in [-0.4, -0.2) is 49.0 Å². The highest BCUT2D eigenvalue weighted by atomic mass is 35.5. The van der Waals surface area contributed by atoms with Crippen molar-refractivity contribution in [3.05, 3.63) is 64.0 Å². The van der Waals surface area contributed by atoms with Crippen LogP contribution in [0.4, 0.5) is 4.39 Å². The van der Waals surface area contributed by atoms with Crippen molar-refractivity contribution >= 4 is 45.9 Å². The lowest BCUT2D eigenvalue weighted by atomic mass is 10.2. The van der Waals surface area contributed by atoms with Crippen LogP contribution in [0.3, 0.4) is 0 Å². The van der Waals surface area contributed by atoms with E-state index in [0.29, 0.717) is 5.02 Å². The first-order chi connectivity index (χ1) is 15.9. The van der Waals surface area contributed by atoms with Crippen molar-refractivity contribution in [3.8, 4) is 5.75 Å². The fourth-order valence-electron chi connectivity index (χ4n) is 3.23. The predicted molar refractivity (Wildman–Crippen MR) is 120 cm³/mol. The number of rotatable bonds is 7. The molecule has 1 saturated heterocycles. The van der Waals surface area contributed by atoms with Crippen LogP contribution < -0.4 is 15.4 Å². The topological polar surface area (TPSA) is 102 Å². The third-order valence-electron chi connectivity index (χ3n) is 4.86. The lowest BCUT2D eigenvalue weighted by Crippen LogP contribution is -2.51. The van der Waals surface area contributed by atoms with Gasteiger partial charge in [-0.25, -0.2) is 4.39 Å². The van der Waals surface area contributed by atoms with Gasteiger partial charge in [0.25, 0.3) is 11.8 Å². The molecule has 3 aromatic rings. The zero-order valence-corrected chi connectivity index (χ0v) is 18.7. The molecule has 0 spiro atoms. The maximum atomic E-state index is 13.4. The van der Waals surface area contributed by atoms with E-state index in [1.807, 2.05) is 18.2 Å². The molecule has 3 N–H and O–H groups in total. The van der Waals surface area contributed by atoms with E-state index in [2.05, 4.69) is 15.6 Å². The molecule has 0 unspecified atom stereocenters.